The number of hydrogen-bond acceptors (Lipinski definition) is 7. The summed E-state index contributed by atoms with van der Waals surface area (Å²) in [7, 11) is 0. The van der Waals surface area contributed by atoms with Crippen LogP contribution in [0.15, 0.2) is 42.5 Å². The van der Waals surface area contributed by atoms with Crippen molar-refractivity contribution in [1.82, 2.24) is 0 Å². The lowest BCUT2D eigenvalue weighted by Gasteiger charge is -2.53. The Morgan fingerprint density at radius 3 is 2.78 bits per heavy atom. The molecular formula is C20H12O7. The van der Waals surface area contributed by atoms with Crippen LogP contribution < -0.4 is 9.47 Å². The minimum Gasteiger partial charge on any atom is -0.508 e. The van der Waals surface area contributed by atoms with E-state index >= 15 is 0 Å². The van der Waals surface area contributed by atoms with E-state index in [0.29, 0.717) is 28.2 Å². The average molecular weight is 364 g/mol. The summed E-state index contributed by atoms with van der Waals surface area (Å²) in [6, 6.07) is 8.28. The molecule has 2 aromatic rings. The number of ether oxygens (including phenoxy) is 4. The Bertz CT molecular complexity index is 1120. The molecule has 5 atom stereocenters. The molecule has 7 heteroatoms. The van der Waals surface area contributed by atoms with Crippen LogP contribution in [0.5, 0.6) is 17.2 Å². The van der Waals surface area contributed by atoms with Gasteiger partial charge < -0.3 is 24.4 Å². The lowest BCUT2D eigenvalue weighted by molar-refractivity contribution is -0.346. The largest absolute Gasteiger partial charge is 0.508 e. The van der Waals surface area contributed by atoms with Crippen molar-refractivity contribution in [2.45, 2.75) is 29.9 Å². The Kier molecular flexibility index (Phi) is 2.11. The molecule has 0 amide bonds. The third-order valence-electron chi connectivity index (χ3n) is 5.96. The van der Waals surface area contributed by atoms with Gasteiger partial charge in [0.2, 0.25) is 0 Å². The van der Waals surface area contributed by atoms with E-state index in [-0.39, 0.29) is 17.1 Å². The van der Waals surface area contributed by atoms with Crippen LogP contribution in [0, 0.1) is 0 Å². The van der Waals surface area contributed by atoms with E-state index in [4.69, 9.17) is 18.9 Å². The number of phenols is 1. The number of rotatable bonds is 0. The number of hydrogen-bond donors (Lipinski definition) is 2. The van der Waals surface area contributed by atoms with E-state index in [9.17, 15) is 15.0 Å². The highest BCUT2D eigenvalue weighted by Gasteiger charge is 2.74. The Morgan fingerprint density at radius 1 is 1.04 bits per heavy atom. The summed E-state index contributed by atoms with van der Waals surface area (Å²) < 4.78 is 24.6. The molecule has 7 nitrogen and oxygen atoms in total. The molecule has 2 spiro atoms. The van der Waals surface area contributed by atoms with Gasteiger partial charge in [-0.3, -0.25) is 9.53 Å². The third kappa shape index (κ3) is 1.39. The number of benzene rings is 2. The second-order valence-corrected chi connectivity index (χ2v) is 7.36. The number of carbonyl (C=O) groups excluding carboxylic acids is 1. The molecule has 5 aliphatic rings. The van der Waals surface area contributed by atoms with Crippen LogP contribution in [0.25, 0.3) is 0 Å². The Balaban J connectivity index is 1.60. The van der Waals surface area contributed by atoms with Crippen molar-refractivity contribution < 1.29 is 34.0 Å². The van der Waals surface area contributed by atoms with Crippen LogP contribution in [0.2, 0.25) is 0 Å². The van der Waals surface area contributed by atoms with E-state index in [1.807, 2.05) is 0 Å². The number of ketones is 1. The molecule has 27 heavy (non-hydrogen) atoms. The number of aliphatic hydroxyl groups excluding tert-OH is 1. The molecule has 0 saturated carbocycles. The molecular weight excluding hydrogens is 352 g/mol. The van der Waals surface area contributed by atoms with Crippen LogP contribution in [0.3, 0.4) is 0 Å². The van der Waals surface area contributed by atoms with Gasteiger partial charge in [0.25, 0.3) is 11.6 Å². The summed E-state index contributed by atoms with van der Waals surface area (Å²) in [4.78, 5) is 12.4. The minimum absolute atomic E-state index is 0.0739. The Morgan fingerprint density at radius 2 is 1.89 bits per heavy atom. The number of aliphatic hydroxyl groups is 1. The maximum absolute atomic E-state index is 12.4. The van der Waals surface area contributed by atoms with Gasteiger partial charge in [-0.1, -0.05) is 12.1 Å². The van der Waals surface area contributed by atoms with E-state index in [0.717, 1.165) is 0 Å². The van der Waals surface area contributed by atoms with Crippen molar-refractivity contribution in [2.24, 2.45) is 0 Å². The number of phenolic OH excluding ortho intramolecular Hbond substituents is 1. The van der Waals surface area contributed by atoms with Gasteiger partial charge in [-0.15, -0.1) is 0 Å². The predicted molar refractivity (Wildman–Crippen MR) is 87.3 cm³/mol. The maximum atomic E-state index is 12.4. The first-order chi connectivity index (χ1) is 13.0. The highest BCUT2D eigenvalue weighted by atomic mass is 16.8. The number of fused-ring (bicyclic) bond motifs is 1. The van der Waals surface area contributed by atoms with Crippen LogP contribution in [0.4, 0.5) is 0 Å². The molecule has 0 unspecified atom stereocenters. The van der Waals surface area contributed by atoms with Gasteiger partial charge >= 0.3 is 0 Å². The Labute approximate surface area is 152 Å². The lowest BCUT2D eigenvalue weighted by Crippen LogP contribution is -2.60. The predicted octanol–water partition coefficient (Wildman–Crippen LogP) is 1.77. The number of aromatic hydroxyl groups is 1. The van der Waals surface area contributed by atoms with Crippen LogP contribution >= 0.6 is 0 Å². The quantitative estimate of drug-likeness (QED) is 0.688. The molecule has 2 N–H and O–H groups in total. The van der Waals surface area contributed by atoms with E-state index in [1.165, 1.54) is 12.1 Å². The zero-order valence-electron chi connectivity index (χ0n) is 13.7. The first-order valence-corrected chi connectivity index (χ1v) is 8.69. The smallest absolute Gasteiger partial charge is 0.274 e. The lowest BCUT2D eigenvalue weighted by atomic mass is 9.79. The average Bonchev–Trinajstić information content (AvgIpc) is 3.46. The zero-order chi connectivity index (χ0) is 18.1. The van der Waals surface area contributed by atoms with Gasteiger partial charge in [-0.05, 0) is 30.4 Å². The fraction of sp³-hybridized carbons (Fsp3) is 0.250. The second kappa shape index (κ2) is 4.01. The molecule has 1 fully saturated rings. The molecule has 3 heterocycles. The van der Waals surface area contributed by atoms with Crippen molar-refractivity contribution in [1.29, 1.82) is 0 Å². The molecule has 2 bridgehead atoms. The SMILES string of the molecule is O=C1C=C[C@]23Oc4ccc(O)c5c4[C@](Oc4cccc1c42)(O3)[C@@H]1O[C@@H]1[C@@H]5O. The molecule has 7 rings (SSSR count). The molecule has 0 aromatic heterocycles. The first-order valence-electron chi connectivity index (χ1n) is 8.69. The standard InChI is InChI=1S/C20H12O7/c21-9-6-7-19-14-8(9)2-1-3-11(14)26-20(27-19)15-12(25-19)5-4-10(22)13(15)16(23)17-18(20)24-17/h1-7,16-18,22-23H/t16-,17-,18-,19-,20+/m1/s1. The van der Waals surface area contributed by atoms with Gasteiger partial charge in [0, 0.05) is 11.1 Å². The van der Waals surface area contributed by atoms with Crippen molar-refractivity contribution in [3.05, 3.63) is 64.7 Å². The summed E-state index contributed by atoms with van der Waals surface area (Å²) >= 11 is 0. The van der Waals surface area contributed by atoms with E-state index in [2.05, 4.69) is 0 Å². The van der Waals surface area contributed by atoms with Gasteiger partial charge in [-0.2, -0.15) is 0 Å². The summed E-state index contributed by atoms with van der Waals surface area (Å²) in [5.41, 5.74) is 1.69. The zero-order valence-corrected chi connectivity index (χ0v) is 13.7. The van der Waals surface area contributed by atoms with Gasteiger partial charge in [-0.25, -0.2) is 0 Å². The minimum atomic E-state index is -1.37. The van der Waals surface area contributed by atoms with Gasteiger partial charge in [0.1, 0.15) is 29.5 Å². The Hall–Kier alpha value is -2.87. The second-order valence-electron chi connectivity index (χ2n) is 7.36. The summed E-state index contributed by atoms with van der Waals surface area (Å²) in [6.45, 7) is 0. The maximum Gasteiger partial charge on any atom is 0.274 e. The fourth-order valence-corrected chi connectivity index (χ4v) is 4.83. The van der Waals surface area contributed by atoms with Crippen LogP contribution in [-0.2, 0) is 21.0 Å². The highest BCUT2D eigenvalue weighted by molar-refractivity contribution is 6.07. The molecule has 2 aliphatic carbocycles. The third-order valence-corrected chi connectivity index (χ3v) is 5.96. The fourth-order valence-electron chi connectivity index (χ4n) is 4.83. The van der Waals surface area contributed by atoms with Gasteiger partial charge in [0.15, 0.2) is 11.9 Å². The highest BCUT2D eigenvalue weighted by Crippen LogP contribution is 2.66. The van der Waals surface area contributed by atoms with E-state index < -0.39 is 29.9 Å². The topological polar surface area (TPSA) is 97.8 Å². The van der Waals surface area contributed by atoms with Crippen molar-refractivity contribution in [3.63, 3.8) is 0 Å². The number of allylic oxidation sites excluding steroid dienone is 1. The van der Waals surface area contributed by atoms with Crippen molar-refractivity contribution in [3.8, 4) is 17.2 Å². The number of epoxide rings is 1. The van der Waals surface area contributed by atoms with Crippen molar-refractivity contribution in [2.75, 3.05) is 0 Å². The van der Waals surface area contributed by atoms with Crippen molar-refractivity contribution >= 4 is 5.78 Å². The molecule has 2 aromatic carbocycles. The molecule has 134 valence electrons. The summed E-state index contributed by atoms with van der Waals surface area (Å²) in [5, 5.41) is 21.0. The van der Waals surface area contributed by atoms with Gasteiger partial charge in [0.05, 0.1) is 11.1 Å². The summed E-state index contributed by atoms with van der Waals surface area (Å²) in [5.74, 6) is -2.06. The molecule has 0 radical (unpaired) electrons. The van der Waals surface area contributed by atoms with Crippen LogP contribution in [-0.4, -0.2) is 28.2 Å². The monoisotopic (exact) mass is 364 g/mol. The van der Waals surface area contributed by atoms with Crippen LogP contribution in [0.1, 0.15) is 33.2 Å². The molecule has 1 saturated heterocycles. The summed E-state index contributed by atoms with van der Waals surface area (Å²) in [6.07, 6.45) is 0.914. The first kappa shape index (κ1) is 14.2. The normalized spacial score (nSPS) is 38.1. The number of carbonyl (C=O) groups is 1. The molecule has 3 aliphatic heterocycles. The van der Waals surface area contributed by atoms with E-state index in [1.54, 1.807) is 30.3 Å².